The lowest BCUT2D eigenvalue weighted by molar-refractivity contribution is -0.717. The molecule has 2 unspecified atom stereocenters. The van der Waals surface area contributed by atoms with Crippen molar-refractivity contribution in [1.29, 1.82) is 0 Å². The average Bonchev–Trinajstić information content (AvgIpc) is 3.45. The number of pyridine rings is 2. The number of hydrogen-bond donors (Lipinski definition) is 0. The summed E-state index contributed by atoms with van der Waals surface area (Å²) >= 11 is 0. The molecule has 3 aliphatic rings. The molecule has 0 amide bonds. The third kappa shape index (κ3) is 5.33. The van der Waals surface area contributed by atoms with Crippen LogP contribution in [0.1, 0.15) is 79.2 Å². The van der Waals surface area contributed by atoms with Gasteiger partial charge in [-0.3, -0.25) is 4.99 Å². The van der Waals surface area contributed by atoms with Crippen molar-refractivity contribution in [1.82, 2.24) is 4.98 Å². The van der Waals surface area contributed by atoms with Gasteiger partial charge in [0.2, 0.25) is 11.4 Å². The van der Waals surface area contributed by atoms with Crippen LogP contribution in [0.25, 0.3) is 33.3 Å². The van der Waals surface area contributed by atoms with Gasteiger partial charge in [0, 0.05) is 51.0 Å². The van der Waals surface area contributed by atoms with E-state index in [0.29, 0.717) is 11.6 Å². The van der Waals surface area contributed by atoms with Crippen LogP contribution in [0.2, 0.25) is 19.6 Å². The van der Waals surface area contributed by atoms with Crippen LogP contribution >= 0.6 is 0 Å². The smallest absolute Gasteiger partial charge is 0.227 e. The average molecular weight is 637 g/mol. The molecule has 238 valence electrons. The fraction of sp³-hybridized carbons (Fsp3) is 0.357. The number of benzene rings is 2. The minimum Gasteiger partial charge on any atom is -0.437 e. The van der Waals surface area contributed by atoms with Gasteiger partial charge in [0.25, 0.3) is 0 Å². The number of fused-ring (bicyclic) bond motifs is 11. The number of allylic oxidation sites excluding steroid dienone is 2. The van der Waals surface area contributed by atoms with Gasteiger partial charge in [0.1, 0.15) is 5.58 Å². The largest absolute Gasteiger partial charge is 0.437 e. The first-order valence-corrected chi connectivity index (χ1v) is 21.2. The quantitative estimate of drug-likeness (QED) is 0.146. The Kier molecular flexibility index (Phi) is 7.63. The molecule has 0 bridgehead atoms. The Hall–Kier alpha value is -4.09. The van der Waals surface area contributed by atoms with Crippen LogP contribution in [-0.2, 0) is 12.8 Å². The SMILES string of the molecule is C=C/C1=N/C(=C)CC2C(CCc3ccc4c(oc5ncccc54)c31)c1ccccc1-c1cc(CC3CCCCC3)c([Si](C)(C)C)c[n+]12. The van der Waals surface area contributed by atoms with E-state index in [-0.39, 0.29) is 6.04 Å². The molecule has 0 radical (unpaired) electrons. The first kappa shape index (κ1) is 30.3. The second-order valence-electron chi connectivity index (χ2n) is 15.2. The summed E-state index contributed by atoms with van der Waals surface area (Å²) in [5.41, 5.74) is 11.3. The molecule has 47 heavy (non-hydrogen) atoms. The maximum atomic E-state index is 6.44. The third-order valence-electron chi connectivity index (χ3n) is 11.1. The molecule has 5 heterocycles. The molecule has 1 fully saturated rings. The number of aliphatic imine (C=N–C) groups is 1. The Labute approximate surface area is 280 Å². The molecule has 1 aliphatic carbocycles. The second kappa shape index (κ2) is 11.9. The first-order valence-electron chi connectivity index (χ1n) is 17.7. The molecule has 3 aromatic heterocycles. The van der Waals surface area contributed by atoms with Gasteiger partial charge in [-0.1, -0.05) is 95.2 Å². The molecular formula is C42H46N3OSi+. The van der Waals surface area contributed by atoms with Crippen molar-refractivity contribution >= 4 is 41.0 Å². The number of hydrogen-bond acceptors (Lipinski definition) is 3. The highest BCUT2D eigenvalue weighted by Crippen LogP contribution is 2.45. The molecule has 2 aromatic carbocycles. The monoisotopic (exact) mass is 636 g/mol. The molecule has 0 N–H and O–H groups in total. The molecule has 4 nitrogen and oxygen atoms in total. The van der Waals surface area contributed by atoms with E-state index in [0.717, 1.165) is 58.5 Å². The van der Waals surface area contributed by atoms with Crippen LogP contribution in [-0.4, -0.2) is 18.8 Å². The molecule has 2 aliphatic heterocycles. The topological polar surface area (TPSA) is 42.3 Å². The zero-order valence-corrected chi connectivity index (χ0v) is 29.2. The van der Waals surface area contributed by atoms with Gasteiger partial charge in [-0.25, -0.2) is 4.98 Å². The Morgan fingerprint density at radius 3 is 2.62 bits per heavy atom. The summed E-state index contributed by atoms with van der Waals surface area (Å²) in [4.78, 5) is 9.74. The maximum Gasteiger partial charge on any atom is 0.227 e. The molecule has 8 rings (SSSR count). The van der Waals surface area contributed by atoms with Gasteiger partial charge in [0.15, 0.2) is 12.2 Å². The molecule has 5 heteroatoms. The highest BCUT2D eigenvalue weighted by molar-refractivity contribution is 6.89. The molecule has 0 spiro atoms. The normalized spacial score (nSPS) is 21.3. The predicted molar refractivity (Wildman–Crippen MR) is 197 cm³/mol. The first-order chi connectivity index (χ1) is 22.8. The summed E-state index contributed by atoms with van der Waals surface area (Å²) in [6.45, 7) is 16.4. The Morgan fingerprint density at radius 2 is 1.81 bits per heavy atom. The lowest BCUT2D eigenvalue weighted by Crippen LogP contribution is -2.54. The molecular weight excluding hydrogens is 591 g/mol. The van der Waals surface area contributed by atoms with E-state index >= 15 is 0 Å². The van der Waals surface area contributed by atoms with Gasteiger partial charge in [-0.2, -0.15) is 4.57 Å². The van der Waals surface area contributed by atoms with Crippen molar-refractivity contribution in [2.75, 3.05) is 0 Å². The van der Waals surface area contributed by atoms with Gasteiger partial charge >= 0.3 is 0 Å². The van der Waals surface area contributed by atoms with Gasteiger partial charge < -0.3 is 4.42 Å². The summed E-state index contributed by atoms with van der Waals surface area (Å²) in [6.07, 6.45) is 17.1. The Balaban J connectivity index is 1.28. The van der Waals surface area contributed by atoms with Crippen LogP contribution < -0.4 is 9.75 Å². The number of aromatic nitrogens is 2. The second-order valence-corrected chi connectivity index (χ2v) is 20.2. The van der Waals surface area contributed by atoms with Crippen molar-refractivity contribution in [2.24, 2.45) is 10.9 Å². The summed E-state index contributed by atoms with van der Waals surface area (Å²) in [5.74, 6) is 1.14. The van der Waals surface area contributed by atoms with Crippen LogP contribution in [0.4, 0.5) is 0 Å². The van der Waals surface area contributed by atoms with Crippen molar-refractivity contribution < 1.29 is 8.98 Å². The van der Waals surface area contributed by atoms with E-state index in [1.165, 1.54) is 60.9 Å². The van der Waals surface area contributed by atoms with Crippen molar-refractivity contribution in [3.63, 3.8) is 0 Å². The van der Waals surface area contributed by atoms with Gasteiger partial charge in [-0.15, -0.1) is 0 Å². The van der Waals surface area contributed by atoms with E-state index in [4.69, 9.17) is 9.41 Å². The van der Waals surface area contributed by atoms with E-state index in [9.17, 15) is 0 Å². The zero-order valence-electron chi connectivity index (χ0n) is 28.2. The summed E-state index contributed by atoms with van der Waals surface area (Å²) in [7, 11) is -1.63. The van der Waals surface area contributed by atoms with Crippen molar-refractivity contribution in [3.8, 4) is 11.3 Å². The lowest BCUT2D eigenvalue weighted by atomic mass is 9.77. The van der Waals surface area contributed by atoms with Crippen LogP contribution in [0.15, 0.2) is 101 Å². The summed E-state index contributed by atoms with van der Waals surface area (Å²) < 4.78 is 9.09. The van der Waals surface area contributed by atoms with E-state index in [1.807, 2.05) is 12.1 Å². The van der Waals surface area contributed by atoms with Gasteiger partial charge in [0.05, 0.1) is 20.2 Å². The standard InChI is InChI=1S/C42H46N3OSi/c1-6-36-40-29(19-21-34-35-17-12-22-43-42(35)46-41(34)40)18-20-33-31-15-10-11-16-32(31)38-25-30(24-28-13-8-7-9-14-28)39(47(3,4)5)26-45(38)37(33)23-27(2)44-36/h6,10-12,15-17,19,21-22,25-26,28,33,37H,1-2,7-9,13-14,18,20,23-24H2,3-5H3/q+1/b44-36-. The third-order valence-corrected chi connectivity index (χ3v) is 13.2. The fourth-order valence-electron chi connectivity index (χ4n) is 8.87. The van der Waals surface area contributed by atoms with Crippen LogP contribution in [0.5, 0.6) is 0 Å². The maximum absolute atomic E-state index is 6.44. The summed E-state index contributed by atoms with van der Waals surface area (Å²) in [5, 5.41) is 3.71. The lowest BCUT2D eigenvalue weighted by Gasteiger charge is -2.33. The Bertz CT molecular complexity index is 2070. The fourth-order valence-corrected chi connectivity index (χ4v) is 10.5. The van der Waals surface area contributed by atoms with Gasteiger partial charge in [-0.05, 0) is 66.1 Å². The Morgan fingerprint density at radius 1 is 0.979 bits per heavy atom. The van der Waals surface area contributed by atoms with Crippen LogP contribution in [0, 0.1) is 5.92 Å². The molecule has 5 aromatic rings. The van der Waals surface area contributed by atoms with Crippen molar-refractivity contribution in [3.05, 3.63) is 114 Å². The number of aryl methyl sites for hydroxylation is 1. The van der Waals surface area contributed by atoms with E-state index in [1.54, 1.807) is 16.9 Å². The number of nitrogens with zero attached hydrogens (tertiary/aromatic N) is 3. The van der Waals surface area contributed by atoms with E-state index < -0.39 is 8.07 Å². The minimum absolute atomic E-state index is 0.238. The highest BCUT2D eigenvalue weighted by atomic mass is 28.3. The molecule has 0 saturated heterocycles. The molecule has 1 saturated carbocycles. The van der Waals surface area contributed by atoms with Crippen molar-refractivity contribution in [2.45, 2.75) is 89.4 Å². The van der Waals surface area contributed by atoms with E-state index in [2.05, 4.69) is 97.1 Å². The summed E-state index contributed by atoms with van der Waals surface area (Å²) in [6, 6.07) is 20.5. The minimum atomic E-state index is -1.63. The van der Waals surface area contributed by atoms with Crippen LogP contribution in [0.3, 0.4) is 0 Å². The zero-order chi connectivity index (χ0) is 32.3. The number of rotatable bonds is 4. The highest BCUT2D eigenvalue weighted by Gasteiger charge is 2.42. The predicted octanol–water partition coefficient (Wildman–Crippen LogP) is 9.77. The number of furan rings is 1. The molecule has 2 atom stereocenters.